The fourth-order valence-corrected chi connectivity index (χ4v) is 4.69. The topological polar surface area (TPSA) is 42.0 Å². The van der Waals surface area contributed by atoms with Gasteiger partial charge in [-0.3, -0.25) is 9.69 Å². The molecule has 5 rings (SSSR count). The first-order chi connectivity index (χ1) is 16.2. The molecule has 170 valence electrons. The van der Waals surface area contributed by atoms with Crippen LogP contribution in [0.5, 0.6) is 17.2 Å². The molecule has 1 saturated carbocycles. The Morgan fingerprint density at radius 2 is 1.61 bits per heavy atom. The lowest BCUT2D eigenvalue weighted by Gasteiger charge is -2.35. The molecule has 2 fully saturated rings. The van der Waals surface area contributed by atoms with Crippen molar-refractivity contribution >= 4 is 5.91 Å². The number of rotatable bonds is 7. The summed E-state index contributed by atoms with van der Waals surface area (Å²) in [6, 6.07) is 26.3. The molecule has 1 aliphatic heterocycles. The highest BCUT2D eigenvalue weighted by molar-refractivity contribution is 5.83. The van der Waals surface area contributed by atoms with E-state index in [1.807, 2.05) is 42.5 Å². The second kappa shape index (κ2) is 9.67. The maximum Gasteiger partial charge on any atom is 0.226 e. The largest absolute Gasteiger partial charge is 0.493 e. The summed E-state index contributed by atoms with van der Waals surface area (Å²) in [6.45, 7) is 4.24. The van der Waals surface area contributed by atoms with Crippen LogP contribution in [0.1, 0.15) is 23.5 Å². The SMILES string of the molecule is COc1ccccc1Oc1cccc(CN2CCN(C(=O)C3CC3c3ccccc3)CC2)c1. The van der Waals surface area contributed by atoms with Gasteiger partial charge in [0.1, 0.15) is 5.75 Å². The molecular weight excluding hydrogens is 412 g/mol. The molecule has 1 saturated heterocycles. The van der Waals surface area contributed by atoms with E-state index in [9.17, 15) is 4.79 Å². The minimum atomic E-state index is 0.169. The molecule has 1 aliphatic carbocycles. The van der Waals surface area contributed by atoms with Crippen molar-refractivity contribution in [1.29, 1.82) is 0 Å². The van der Waals surface area contributed by atoms with E-state index >= 15 is 0 Å². The number of amides is 1. The number of ether oxygens (including phenoxy) is 2. The third-order valence-electron chi connectivity index (χ3n) is 6.62. The van der Waals surface area contributed by atoms with Gasteiger partial charge in [-0.25, -0.2) is 0 Å². The number of piperazine rings is 1. The fourth-order valence-electron chi connectivity index (χ4n) is 4.69. The van der Waals surface area contributed by atoms with Crippen LogP contribution in [0.15, 0.2) is 78.9 Å². The lowest BCUT2D eigenvalue weighted by Crippen LogP contribution is -2.48. The number of methoxy groups -OCH3 is 1. The first-order valence-electron chi connectivity index (χ1n) is 11.7. The minimum Gasteiger partial charge on any atom is -0.493 e. The van der Waals surface area contributed by atoms with Crippen molar-refractivity contribution in [2.24, 2.45) is 5.92 Å². The molecule has 0 bridgehead atoms. The van der Waals surface area contributed by atoms with Crippen molar-refractivity contribution in [3.05, 3.63) is 90.0 Å². The molecule has 1 amide bonds. The highest BCUT2D eigenvalue weighted by atomic mass is 16.5. The third-order valence-corrected chi connectivity index (χ3v) is 6.62. The number of nitrogens with zero attached hydrogens (tertiary/aromatic N) is 2. The Labute approximate surface area is 195 Å². The van der Waals surface area contributed by atoms with E-state index in [0.717, 1.165) is 44.9 Å². The van der Waals surface area contributed by atoms with Crippen molar-refractivity contribution in [3.63, 3.8) is 0 Å². The van der Waals surface area contributed by atoms with Crippen molar-refractivity contribution in [2.75, 3.05) is 33.3 Å². The van der Waals surface area contributed by atoms with E-state index in [1.165, 1.54) is 11.1 Å². The smallest absolute Gasteiger partial charge is 0.226 e. The Morgan fingerprint density at radius 3 is 2.36 bits per heavy atom. The molecule has 2 atom stereocenters. The second-order valence-corrected chi connectivity index (χ2v) is 8.86. The van der Waals surface area contributed by atoms with Crippen LogP contribution >= 0.6 is 0 Å². The quantitative estimate of drug-likeness (QED) is 0.520. The van der Waals surface area contributed by atoms with Crippen LogP contribution in [0.3, 0.4) is 0 Å². The van der Waals surface area contributed by atoms with Crippen LogP contribution in [0.25, 0.3) is 0 Å². The summed E-state index contributed by atoms with van der Waals surface area (Å²) in [5, 5.41) is 0. The summed E-state index contributed by atoms with van der Waals surface area (Å²) in [4.78, 5) is 17.4. The first-order valence-corrected chi connectivity index (χ1v) is 11.7. The monoisotopic (exact) mass is 442 g/mol. The predicted molar refractivity (Wildman–Crippen MR) is 129 cm³/mol. The van der Waals surface area contributed by atoms with Crippen LogP contribution in [-0.4, -0.2) is 49.0 Å². The Morgan fingerprint density at radius 1 is 0.879 bits per heavy atom. The van der Waals surface area contributed by atoms with Gasteiger partial charge in [0, 0.05) is 38.6 Å². The maximum absolute atomic E-state index is 13.0. The molecule has 33 heavy (non-hydrogen) atoms. The van der Waals surface area contributed by atoms with Crippen molar-refractivity contribution in [3.8, 4) is 17.2 Å². The molecule has 0 N–H and O–H groups in total. The summed E-state index contributed by atoms with van der Waals surface area (Å²) in [6.07, 6.45) is 0.988. The zero-order chi connectivity index (χ0) is 22.6. The normalized spacial score (nSPS) is 20.3. The van der Waals surface area contributed by atoms with E-state index in [-0.39, 0.29) is 5.92 Å². The number of carbonyl (C=O) groups excluding carboxylic acids is 1. The minimum absolute atomic E-state index is 0.169. The molecule has 2 aliphatic rings. The average Bonchev–Trinajstić information content (AvgIpc) is 3.66. The predicted octanol–water partition coefficient (Wildman–Crippen LogP) is 4.94. The molecule has 3 aromatic rings. The number of benzene rings is 3. The van der Waals surface area contributed by atoms with Crippen LogP contribution in [0.4, 0.5) is 0 Å². The molecule has 3 aromatic carbocycles. The highest BCUT2D eigenvalue weighted by Crippen LogP contribution is 2.48. The van der Waals surface area contributed by atoms with Gasteiger partial charge in [-0.05, 0) is 47.7 Å². The number of hydrogen-bond donors (Lipinski definition) is 0. The molecule has 5 heteroatoms. The first kappa shape index (κ1) is 21.5. The fraction of sp³-hybridized carbons (Fsp3) is 0.321. The number of para-hydroxylation sites is 2. The van der Waals surface area contributed by atoms with Gasteiger partial charge in [-0.1, -0.05) is 54.6 Å². The molecule has 2 unspecified atom stereocenters. The van der Waals surface area contributed by atoms with E-state index in [2.05, 4.69) is 46.2 Å². The highest BCUT2D eigenvalue weighted by Gasteiger charge is 2.45. The van der Waals surface area contributed by atoms with Crippen LogP contribution in [0, 0.1) is 5.92 Å². The van der Waals surface area contributed by atoms with Gasteiger partial charge in [0.15, 0.2) is 11.5 Å². The van der Waals surface area contributed by atoms with E-state index in [1.54, 1.807) is 7.11 Å². The van der Waals surface area contributed by atoms with Gasteiger partial charge < -0.3 is 14.4 Å². The molecule has 0 spiro atoms. The molecule has 1 heterocycles. The third kappa shape index (κ3) is 5.04. The standard InChI is InChI=1S/C28H30N2O3/c1-32-26-12-5-6-13-27(26)33-23-11-7-8-21(18-23)20-29-14-16-30(17-15-29)28(31)25-19-24(25)22-9-3-2-4-10-22/h2-13,18,24-25H,14-17,19-20H2,1H3. The van der Waals surface area contributed by atoms with E-state index in [0.29, 0.717) is 23.3 Å². The molecule has 5 nitrogen and oxygen atoms in total. The zero-order valence-corrected chi connectivity index (χ0v) is 19.0. The van der Waals surface area contributed by atoms with Gasteiger partial charge in [0.05, 0.1) is 7.11 Å². The number of carbonyl (C=O) groups is 1. The van der Waals surface area contributed by atoms with Gasteiger partial charge in [0.25, 0.3) is 0 Å². The molecule has 0 aromatic heterocycles. The van der Waals surface area contributed by atoms with Crippen molar-refractivity contribution < 1.29 is 14.3 Å². The average molecular weight is 443 g/mol. The summed E-state index contributed by atoms with van der Waals surface area (Å²) in [5.74, 6) is 3.12. The van der Waals surface area contributed by atoms with Gasteiger partial charge in [-0.2, -0.15) is 0 Å². The maximum atomic E-state index is 13.0. The lowest BCUT2D eigenvalue weighted by atomic mass is 10.1. The Hall–Kier alpha value is -3.31. The van der Waals surface area contributed by atoms with E-state index < -0.39 is 0 Å². The van der Waals surface area contributed by atoms with Crippen LogP contribution < -0.4 is 9.47 Å². The summed E-state index contributed by atoms with van der Waals surface area (Å²) in [7, 11) is 1.65. The van der Waals surface area contributed by atoms with Crippen LogP contribution in [0.2, 0.25) is 0 Å². The Balaban J connectivity index is 1.13. The Kier molecular flexibility index (Phi) is 6.31. The zero-order valence-electron chi connectivity index (χ0n) is 19.0. The molecule has 0 radical (unpaired) electrons. The summed E-state index contributed by atoms with van der Waals surface area (Å²) in [5.41, 5.74) is 2.50. The van der Waals surface area contributed by atoms with Gasteiger partial charge in [-0.15, -0.1) is 0 Å². The van der Waals surface area contributed by atoms with Gasteiger partial charge in [0.2, 0.25) is 5.91 Å². The lowest BCUT2D eigenvalue weighted by molar-refractivity contribution is -0.134. The molecular formula is C28H30N2O3. The van der Waals surface area contributed by atoms with E-state index in [4.69, 9.17) is 9.47 Å². The number of hydrogen-bond acceptors (Lipinski definition) is 4. The van der Waals surface area contributed by atoms with Crippen molar-refractivity contribution in [1.82, 2.24) is 9.80 Å². The summed E-state index contributed by atoms with van der Waals surface area (Å²) >= 11 is 0. The summed E-state index contributed by atoms with van der Waals surface area (Å²) < 4.78 is 11.4. The Bertz CT molecular complexity index is 1090. The second-order valence-electron chi connectivity index (χ2n) is 8.86. The van der Waals surface area contributed by atoms with Crippen molar-refractivity contribution in [2.45, 2.75) is 18.9 Å². The van der Waals surface area contributed by atoms with Crippen LogP contribution in [-0.2, 0) is 11.3 Å². The van der Waals surface area contributed by atoms with Gasteiger partial charge >= 0.3 is 0 Å².